The molecule has 28 heavy (non-hydrogen) atoms. The van der Waals surface area contributed by atoms with Gasteiger partial charge in [0.2, 0.25) is 0 Å². The highest BCUT2D eigenvalue weighted by Crippen LogP contribution is 2.34. The molecule has 1 unspecified atom stereocenters. The second kappa shape index (κ2) is 6.93. The van der Waals surface area contributed by atoms with Crippen molar-refractivity contribution in [2.24, 2.45) is 0 Å². The van der Waals surface area contributed by atoms with Gasteiger partial charge in [-0.1, -0.05) is 63.2 Å². The number of carbonyl (C=O) groups excluding carboxylic acids is 1. The monoisotopic (exact) mass is 373 g/mol. The van der Waals surface area contributed by atoms with E-state index in [-0.39, 0.29) is 17.5 Å². The number of urea groups is 1. The van der Waals surface area contributed by atoms with E-state index in [1.165, 1.54) is 16.7 Å². The first kappa shape index (κ1) is 18.5. The maximum Gasteiger partial charge on any atom is 0.320 e. The van der Waals surface area contributed by atoms with E-state index in [9.17, 15) is 4.79 Å². The van der Waals surface area contributed by atoms with Crippen molar-refractivity contribution in [1.82, 2.24) is 10.3 Å². The molecule has 4 heteroatoms. The second-order valence-electron chi connectivity index (χ2n) is 8.69. The Hall–Kier alpha value is -2.88. The molecule has 0 fully saturated rings. The number of nitrogens with one attached hydrogen (secondary N) is 2. The molecule has 2 aromatic carbocycles. The first-order valence-electron chi connectivity index (χ1n) is 9.88. The quantitative estimate of drug-likeness (QED) is 0.610. The number of aromatic nitrogens is 1. The van der Waals surface area contributed by atoms with E-state index in [1.807, 2.05) is 37.3 Å². The number of carbonyl (C=O) groups is 1. The lowest BCUT2D eigenvalue weighted by molar-refractivity contribution is 0.248. The third-order valence-corrected chi connectivity index (χ3v) is 5.49. The molecule has 0 saturated heterocycles. The number of anilines is 1. The molecule has 1 aromatic heterocycles. The highest BCUT2D eigenvalue weighted by molar-refractivity contribution is 6.00. The van der Waals surface area contributed by atoms with Crippen molar-refractivity contribution in [3.05, 3.63) is 70.9 Å². The fraction of sp³-hybridized carbons (Fsp3) is 0.333. The van der Waals surface area contributed by atoms with E-state index in [1.54, 1.807) is 0 Å². The van der Waals surface area contributed by atoms with Crippen molar-refractivity contribution >= 4 is 22.6 Å². The van der Waals surface area contributed by atoms with Crippen molar-refractivity contribution in [2.45, 2.75) is 52.0 Å². The minimum absolute atomic E-state index is 0.0418. The average molecular weight is 374 g/mol. The number of nitrogens with zero attached hydrogens (tertiary/aromatic N) is 1. The fourth-order valence-electron chi connectivity index (χ4n) is 3.96. The van der Waals surface area contributed by atoms with Crippen LogP contribution in [0.15, 0.2) is 48.5 Å². The van der Waals surface area contributed by atoms with Crippen LogP contribution < -0.4 is 10.6 Å². The Morgan fingerprint density at radius 2 is 1.89 bits per heavy atom. The molecule has 0 bridgehead atoms. The molecule has 144 valence electrons. The van der Waals surface area contributed by atoms with Crippen molar-refractivity contribution in [1.29, 1.82) is 0 Å². The molecule has 0 radical (unpaired) electrons. The molecule has 1 atom stereocenters. The Labute approximate surface area is 166 Å². The summed E-state index contributed by atoms with van der Waals surface area (Å²) in [4.78, 5) is 17.2. The topological polar surface area (TPSA) is 54.0 Å². The van der Waals surface area contributed by atoms with Gasteiger partial charge >= 0.3 is 6.03 Å². The predicted octanol–water partition coefficient (Wildman–Crippen LogP) is 5.65. The third-order valence-electron chi connectivity index (χ3n) is 5.49. The Kier molecular flexibility index (Phi) is 4.58. The van der Waals surface area contributed by atoms with Gasteiger partial charge in [-0.15, -0.1) is 0 Å². The molecule has 1 aliphatic carbocycles. The molecular formula is C24H27N3O. The van der Waals surface area contributed by atoms with Crippen LogP contribution in [0.1, 0.15) is 55.6 Å². The molecule has 4 rings (SSSR count). The van der Waals surface area contributed by atoms with E-state index in [4.69, 9.17) is 0 Å². The van der Waals surface area contributed by atoms with Gasteiger partial charge in [0.15, 0.2) is 0 Å². The largest absolute Gasteiger partial charge is 0.331 e. The van der Waals surface area contributed by atoms with Crippen molar-refractivity contribution in [3.63, 3.8) is 0 Å². The maximum atomic E-state index is 12.7. The van der Waals surface area contributed by atoms with Gasteiger partial charge in [0.05, 0.1) is 6.04 Å². The lowest BCUT2D eigenvalue weighted by Crippen LogP contribution is -2.32. The summed E-state index contributed by atoms with van der Waals surface area (Å²) in [5.41, 5.74) is 4.93. The van der Waals surface area contributed by atoms with Crippen LogP contribution in [0.3, 0.4) is 0 Å². The van der Waals surface area contributed by atoms with Gasteiger partial charge in [-0.05, 0) is 53.3 Å². The van der Waals surface area contributed by atoms with Crippen LogP contribution >= 0.6 is 0 Å². The summed E-state index contributed by atoms with van der Waals surface area (Å²) in [5, 5.41) is 8.12. The van der Waals surface area contributed by atoms with Crippen LogP contribution in [0.5, 0.6) is 0 Å². The number of aryl methyl sites for hydroxylation is 2. The molecule has 4 nitrogen and oxygen atoms in total. The first-order valence-corrected chi connectivity index (χ1v) is 9.88. The highest BCUT2D eigenvalue weighted by Gasteiger charge is 2.26. The molecule has 0 aliphatic heterocycles. The van der Waals surface area contributed by atoms with Crippen molar-refractivity contribution in [3.8, 4) is 0 Å². The summed E-state index contributed by atoms with van der Waals surface area (Å²) < 4.78 is 0. The summed E-state index contributed by atoms with van der Waals surface area (Å²) in [5.74, 6) is 0.606. The summed E-state index contributed by atoms with van der Waals surface area (Å²) >= 11 is 0. The van der Waals surface area contributed by atoms with Gasteiger partial charge in [-0.25, -0.2) is 9.78 Å². The van der Waals surface area contributed by atoms with Gasteiger partial charge < -0.3 is 5.32 Å². The summed E-state index contributed by atoms with van der Waals surface area (Å²) in [6.45, 7) is 8.62. The standard InChI is InChI=1S/C24H27N3O/c1-15-13-16-7-5-6-8-20(16)22(25-15)27-23(28)26-21-12-9-17-14-18(24(2,3)4)10-11-19(17)21/h5-8,10-11,13-14,21H,9,12H2,1-4H3,(H2,25,26,27,28). The normalized spacial score (nSPS) is 16.1. The first-order chi connectivity index (χ1) is 13.3. The van der Waals surface area contributed by atoms with E-state index < -0.39 is 0 Å². The van der Waals surface area contributed by atoms with Crippen LogP contribution in [0.25, 0.3) is 10.8 Å². The number of pyridine rings is 1. The van der Waals surface area contributed by atoms with E-state index in [0.29, 0.717) is 5.82 Å². The smallest absolute Gasteiger partial charge is 0.320 e. The SMILES string of the molecule is Cc1cc2ccccc2c(NC(=O)NC2CCc3cc(C(C)(C)C)ccc32)n1. The van der Waals surface area contributed by atoms with Crippen LogP contribution in [0, 0.1) is 6.92 Å². The van der Waals surface area contributed by atoms with Gasteiger partial charge in [0.25, 0.3) is 0 Å². The zero-order valence-corrected chi connectivity index (χ0v) is 17.0. The lowest BCUT2D eigenvalue weighted by Gasteiger charge is -2.21. The molecule has 1 heterocycles. The van der Waals surface area contributed by atoms with Gasteiger partial charge in [0, 0.05) is 11.1 Å². The van der Waals surface area contributed by atoms with E-state index in [2.05, 4.69) is 54.6 Å². The molecule has 3 aromatic rings. The van der Waals surface area contributed by atoms with Gasteiger partial charge in [-0.2, -0.15) is 0 Å². The van der Waals surface area contributed by atoms with Crippen molar-refractivity contribution < 1.29 is 4.79 Å². The molecule has 0 saturated carbocycles. The number of rotatable bonds is 2. The fourth-order valence-corrected chi connectivity index (χ4v) is 3.96. The third kappa shape index (κ3) is 3.59. The van der Waals surface area contributed by atoms with Crippen LogP contribution in [0.4, 0.5) is 10.6 Å². The number of fused-ring (bicyclic) bond motifs is 2. The summed E-state index contributed by atoms with van der Waals surface area (Å²) in [6.07, 6.45) is 1.92. The minimum atomic E-state index is -0.207. The number of hydrogen-bond donors (Lipinski definition) is 2. The summed E-state index contributed by atoms with van der Waals surface area (Å²) in [7, 11) is 0. The molecule has 0 spiro atoms. The maximum absolute atomic E-state index is 12.7. The van der Waals surface area contributed by atoms with Gasteiger partial charge in [-0.3, -0.25) is 5.32 Å². The average Bonchev–Trinajstić information content (AvgIpc) is 3.03. The Morgan fingerprint density at radius 3 is 2.68 bits per heavy atom. The minimum Gasteiger partial charge on any atom is -0.331 e. The van der Waals surface area contributed by atoms with E-state index >= 15 is 0 Å². The van der Waals surface area contributed by atoms with Crippen molar-refractivity contribution in [2.75, 3.05) is 5.32 Å². The van der Waals surface area contributed by atoms with E-state index in [0.717, 1.165) is 29.3 Å². The number of amides is 2. The lowest BCUT2D eigenvalue weighted by atomic mass is 9.85. The number of hydrogen-bond acceptors (Lipinski definition) is 2. The Bertz CT molecular complexity index is 1050. The second-order valence-corrected chi connectivity index (χ2v) is 8.69. The Balaban J connectivity index is 1.52. The zero-order chi connectivity index (χ0) is 19.9. The molecular weight excluding hydrogens is 346 g/mol. The molecule has 2 amide bonds. The highest BCUT2D eigenvalue weighted by atomic mass is 16.2. The predicted molar refractivity (Wildman–Crippen MR) is 115 cm³/mol. The molecule has 1 aliphatic rings. The van der Waals surface area contributed by atoms with Gasteiger partial charge in [0.1, 0.15) is 5.82 Å². The van der Waals surface area contributed by atoms with Crippen LogP contribution in [0.2, 0.25) is 0 Å². The molecule has 2 N–H and O–H groups in total. The Morgan fingerprint density at radius 1 is 1.11 bits per heavy atom. The van der Waals surface area contributed by atoms with Crippen LogP contribution in [-0.4, -0.2) is 11.0 Å². The van der Waals surface area contributed by atoms with Crippen LogP contribution in [-0.2, 0) is 11.8 Å². The zero-order valence-electron chi connectivity index (χ0n) is 17.0. The number of benzene rings is 2. The summed E-state index contributed by atoms with van der Waals surface area (Å²) in [6, 6.07) is 16.5.